The first-order chi connectivity index (χ1) is 12.2. The molecule has 1 heterocycles. The Bertz CT molecular complexity index is 851. The number of nitrogens with one attached hydrogen (secondary N) is 3. The van der Waals surface area contributed by atoms with Gasteiger partial charge in [0.1, 0.15) is 11.6 Å². The van der Waals surface area contributed by atoms with Crippen LogP contribution in [0.2, 0.25) is 0 Å². The lowest BCUT2D eigenvalue weighted by atomic mass is 10.2. The van der Waals surface area contributed by atoms with Crippen molar-refractivity contribution in [2.24, 2.45) is 0 Å². The van der Waals surface area contributed by atoms with Gasteiger partial charge in [-0.2, -0.15) is 0 Å². The van der Waals surface area contributed by atoms with Crippen molar-refractivity contribution in [2.75, 3.05) is 10.6 Å². The zero-order valence-corrected chi connectivity index (χ0v) is 14.0. The molecule has 0 bridgehead atoms. The quantitative estimate of drug-likeness (QED) is 0.649. The molecule has 1 aliphatic carbocycles. The van der Waals surface area contributed by atoms with E-state index < -0.39 is 0 Å². The number of benzene rings is 2. The number of rotatable bonds is 5. The molecule has 6 nitrogen and oxygen atoms in total. The van der Waals surface area contributed by atoms with E-state index in [2.05, 4.69) is 20.9 Å². The summed E-state index contributed by atoms with van der Waals surface area (Å²) in [7, 11) is 0. The number of para-hydroxylation sites is 2. The molecule has 0 aliphatic heterocycles. The van der Waals surface area contributed by atoms with Crippen LogP contribution in [-0.2, 0) is 0 Å². The second-order valence-corrected chi connectivity index (χ2v) is 6.34. The van der Waals surface area contributed by atoms with E-state index in [-0.39, 0.29) is 12.1 Å². The zero-order valence-electron chi connectivity index (χ0n) is 14.0. The van der Waals surface area contributed by atoms with E-state index in [0.717, 1.165) is 35.3 Å². The number of aromatic nitrogens is 1. The fourth-order valence-electron chi connectivity index (χ4n) is 2.62. The number of anilines is 2. The van der Waals surface area contributed by atoms with Crippen molar-refractivity contribution in [1.82, 2.24) is 10.3 Å². The minimum Gasteiger partial charge on any atom is -0.438 e. The molecule has 0 unspecified atom stereocenters. The molecule has 25 heavy (non-hydrogen) atoms. The summed E-state index contributed by atoms with van der Waals surface area (Å²) in [6.45, 7) is 2.00. The normalized spacial score (nSPS) is 14.9. The predicted molar refractivity (Wildman–Crippen MR) is 97.7 cm³/mol. The van der Waals surface area contributed by atoms with Crippen LogP contribution in [0.25, 0.3) is 11.1 Å². The molecule has 1 aliphatic rings. The largest absolute Gasteiger partial charge is 0.438 e. The molecule has 1 atom stereocenters. The molecular formula is C19H20N4O2. The summed E-state index contributed by atoms with van der Waals surface area (Å²) >= 11 is 0. The molecule has 3 N–H and O–H groups in total. The maximum absolute atomic E-state index is 11.7. The highest BCUT2D eigenvalue weighted by molar-refractivity contribution is 5.89. The number of amides is 2. The SMILES string of the molecule is C[C@H](Nc1ccc(NC(=O)NC2CC2)cc1)c1nc2ccccc2o1. The summed E-state index contributed by atoms with van der Waals surface area (Å²) < 4.78 is 5.78. The van der Waals surface area contributed by atoms with Crippen molar-refractivity contribution in [1.29, 1.82) is 0 Å². The second-order valence-electron chi connectivity index (χ2n) is 6.34. The van der Waals surface area contributed by atoms with Gasteiger partial charge < -0.3 is 20.4 Å². The maximum Gasteiger partial charge on any atom is 0.319 e. The van der Waals surface area contributed by atoms with Gasteiger partial charge in [-0.3, -0.25) is 0 Å². The lowest BCUT2D eigenvalue weighted by Gasteiger charge is -2.13. The summed E-state index contributed by atoms with van der Waals surface area (Å²) in [5.41, 5.74) is 3.33. The Morgan fingerprint density at radius 1 is 1.12 bits per heavy atom. The third kappa shape index (κ3) is 3.74. The Balaban J connectivity index is 1.38. The first-order valence-electron chi connectivity index (χ1n) is 8.47. The number of hydrogen-bond donors (Lipinski definition) is 3. The Morgan fingerprint density at radius 2 is 1.84 bits per heavy atom. The van der Waals surface area contributed by atoms with Crippen LogP contribution in [0.1, 0.15) is 31.7 Å². The van der Waals surface area contributed by atoms with Gasteiger partial charge in [-0.05, 0) is 56.2 Å². The van der Waals surface area contributed by atoms with Crippen LogP contribution >= 0.6 is 0 Å². The van der Waals surface area contributed by atoms with Gasteiger partial charge in [0.25, 0.3) is 0 Å². The van der Waals surface area contributed by atoms with E-state index in [1.54, 1.807) is 0 Å². The summed E-state index contributed by atoms with van der Waals surface area (Å²) in [5, 5.41) is 9.09. The number of urea groups is 1. The highest BCUT2D eigenvalue weighted by Gasteiger charge is 2.23. The number of fused-ring (bicyclic) bond motifs is 1. The molecule has 1 aromatic heterocycles. The third-order valence-electron chi connectivity index (χ3n) is 4.12. The first kappa shape index (κ1) is 15.5. The molecule has 1 saturated carbocycles. The molecule has 0 spiro atoms. The lowest BCUT2D eigenvalue weighted by Crippen LogP contribution is -2.30. The Morgan fingerprint density at radius 3 is 2.56 bits per heavy atom. The van der Waals surface area contributed by atoms with Crippen LogP contribution in [-0.4, -0.2) is 17.1 Å². The Labute approximate surface area is 145 Å². The average Bonchev–Trinajstić information content (AvgIpc) is 3.30. The van der Waals surface area contributed by atoms with Crippen molar-refractivity contribution in [3.05, 3.63) is 54.4 Å². The lowest BCUT2D eigenvalue weighted by molar-refractivity contribution is 0.251. The molecule has 128 valence electrons. The van der Waals surface area contributed by atoms with Crippen LogP contribution in [0.3, 0.4) is 0 Å². The van der Waals surface area contributed by atoms with Gasteiger partial charge in [0.2, 0.25) is 5.89 Å². The molecule has 6 heteroatoms. The first-order valence-corrected chi connectivity index (χ1v) is 8.47. The maximum atomic E-state index is 11.7. The summed E-state index contributed by atoms with van der Waals surface area (Å²) in [6, 6.07) is 15.4. The monoisotopic (exact) mass is 336 g/mol. The van der Waals surface area contributed by atoms with Gasteiger partial charge in [-0.15, -0.1) is 0 Å². The van der Waals surface area contributed by atoms with E-state index in [1.165, 1.54) is 0 Å². The molecule has 2 aromatic carbocycles. The van der Waals surface area contributed by atoms with Crippen LogP contribution in [0, 0.1) is 0 Å². The average molecular weight is 336 g/mol. The van der Waals surface area contributed by atoms with E-state index in [1.807, 2.05) is 55.5 Å². The Kier molecular flexibility index (Phi) is 4.01. The van der Waals surface area contributed by atoms with Crippen LogP contribution < -0.4 is 16.0 Å². The minimum atomic E-state index is -0.150. The molecule has 3 aromatic rings. The van der Waals surface area contributed by atoms with Crippen LogP contribution in [0.4, 0.5) is 16.2 Å². The number of hydrogen-bond acceptors (Lipinski definition) is 4. The van der Waals surface area contributed by atoms with E-state index in [9.17, 15) is 4.79 Å². The Hall–Kier alpha value is -3.02. The molecule has 1 fully saturated rings. The fraction of sp³-hybridized carbons (Fsp3) is 0.263. The standard InChI is InChI=1S/C19H20N4O2/c1-12(18-23-16-4-2-3-5-17(16)25-18)20-13-6-8-14(9-7-13)21-19(24)22-15-10-11-15/h2-9,12,15,20H,10-11H2,1H3,(H2,21,22,24)/t12-/m0/s1. The molecule has 0 saturated heterocycles. The van der Waals surface area contributed by atoms with Crippen molar-refractivity contribution in [2.45, 2.75) is 31.8 Å². The van der Waals surface area contributed by atoms with Crippen molar-refractivity contribution >= 4 is 28.5 Å². The van der Waals surface area contributed by atoms with E-state index in [4.69, 9.17) is 4.42 Å². The van der Waals surface area contributed by atoms with Gasteiger partial charge in [-0.1, -0.05) is 12.1 Å². The number of nitrogens with zero attached hydrogens (tertiary/aromatic N) is 1. The summed E-state index contributed by atoms with van der Waals surface area (Å²) in [4.78, 5) is 16.2. The second kappa shape index (κ2) is 6.47. The summed E-state index contributed by atoms with van der Waals surface area (Å²) in [6.07, 6.45) is 2.15. The van der Waals surface area contributed by atoms with Crippen LogP contribution in [0.5, 0.6) is 0 Å². The zero-order chi connectivity index (χ0) is 17.2. The predicted octanol–water partition coefficient (Wildman–Crippen LogP) is 4.28. The smallest absolute Gasteiger partial charge is 0.319 e. The number of carbonyl (C=O) groups excluding carboxylic acids is 1. The molecule has 0 radical (unpaired) electrons. The topological polar surface area (TPSA) is 79.2 Å². The van der Waals surface area contributed by atoms with E-state index >= 15 is 0 Å². The molecule has 4 rings (SSSR count). The van der Waals surface area contributed by atoms with Crippen molar-refractivity contribution < 1.29 is 9.21 Å². The third-order valence-corrected chi connectivity index (χ3v) is 4.12. The van der Waals surface area contributed by atoms with Gasteiger partial charge in [0.15, 0.2) is 5.58 Å². The highest BCUT2D eigenvalue weighted by Crippen LogP contribution is 2.24. The van der Waals surface area contributed by atoms with Crippen molar-refractivity contribution in [3.63, 3.8) is 0 Å². The van der Waals surface area contributed by atoms with Gasteiger partial charge in [0, 0.05) is 17.4 Å². The summed E-state index contributed by atoms with van der Waals surface area (Å²) in [5.74, 6) is 0.646. The molecule has 2 amide bonds. The minimum absolute atomic E-state index is 0.0654. The van der Waals surface area contributed by atoms with Gasteiger partial charge >= 0.3 is 6.03 Å². The van der Waals surface area contributed by atoms with Gasteiger partial charge in [-0.25, -0.2) is 9.78 Å². The highest BCUT2D eigenvalue weighted by atomic mass is 16.3. The number of oxazole rings is 1. The molecular weight excluding hydrogens is 316 g/mol. The number of carbonyl (C=O) groups is 1. The van der Waals surface area contributed by atoms with Crippen molar-refractivity contribution in [3.8, 4) is 0 Å². The van der Waals surface area contributed by atoms with Crippen LogP contribution in [0.15, 0.2) is 52.9 Å². The van der Waals surface area contributed by atoms with E-state index in [0.29, 0.717) is 11.9 Å². The van der Waals surface area contributed by atoms with Gasteiger partial charge in [0.05, 0.1) is 0 Å². The fourth-order valence-corrected chi connectivity index (χ4v) is 2.62.